The highest BCUT2D eigenvalue weighted by atomic mass is 35.5. The Kier molecular flexibility index (Phi) is 6.14. The second-order valence-electron chi connectivity index (χ2n) is 5.03. The van der Waals surface area contributed by atoms with Gasteiger partial charge in [0.05, 0.1) is 6.42 Å². The maximum atomic E-state index is 12.4. The molecule has 5 heteroatoms. The van der Waals surface area contributed by atoms with Gasteiger partial charge in [-0.1, -0.05) is 29.8 Å². The highest BCUT2D eigenvalue weighted by molar-refractivity contribution is 6.31. The van der Waals surface area contributed by atoms with Crippen molar-refractivity contribution in [2.75, 3.05) is 38.6 Å². The van der Waals surface area contributed by atoms with E-state index < -0.39 is 0 Å². The zero-order valence-electron chi connectivity index (χ0n) is 11.5. The van der Waals surface area contributed by atoms with Crippen LogP contribution in [0.1, 0.15) is 12.0 Å². The van der Waals surface area contributed by atoms with Gasteiger partial charge in [0, 0.05) is 37.1 Å². The van der Waals surface area contributed by atoms with E-state index in [-0.39, 0.29) is 5.91 Å². The molecule has 1 fully saturated rings. The molecule has 0 aliphatic carbocycles. The Bertz CT molecular complexity index is 453. The molecule has 0 spiro atoms. The summed E-state index contributed by atoms with van der Waals surface area (Å²) in [6, 6.07) is 7.54. The van der Waals surface area contributed by atoms with E-state index in [0.29, 0.717) is 17.3 Å². The van der Waals surface area contributed by atoms with Crippen LogP contribution in [0.15, 0.2) is 24.3 Å². The molecule has 2 rings (SSSR count). The summed E-state index contributed by atoms with van der Waals surface area (Å²) in [6.45, 7) is 4.42. The van der Waals surface area contributed by atoms with Gasteiger partial charge in [-0.15, -0.1) is 11.6 Å². The van der Waals surface area contributed by atoms with Gasteiger partial charge in [-0.2, -0.15) is 0 Å². The molecule has 0 N–H and O–H groups in total. The second-order valence-corrected chi connectivity index (χ2v) is 5.82. The first-order chi connectivity index (χ1) is 9.70. The Labute approximate surface area is 130 Å². The summed E-state index contributed by atoms with van der Waals surface area (Å²) in [5.74, 6) is 0.805. The second kappa shape index (κ2) is 7.87. The lowest BCUT2D eigenvalue weighted by Crippen LogP contribution is -2.36. The molecule has 1 aliphatic rings. The number of carbonyl (C=O) groups is 1. The van der Waals surface area contributed by atoms with Crippen LogP contribution < -0.4 is 0 Å². The molecule has 0 atom stereocenters. The maximum absolute atomic E-state index is 12.4. The van der Waals surface area contributed by atoms with E-state index in [1.807, 2.05) is 29.2 Å². The minimum Gasteiger partial charge on any atom is -0.341 e. The van der Waals surface area contributed by atoms with E-state index in [1.165, 1.54) is 0 Å². The van der Waals surface area contributed by atoms with Crippen LogP contribution in [0.4, 0.5) is 0 Å². The number of nitrogens with zero attached hydrogens (tertiary/aromatic N) is 2. The van der Waals surface area contributed by atoms with E-state index in [4.69, 9.17) is 23.2 Å². The molecule has 0 radical (unpaired) electrons. The predicted molar refractivity (Wildman–Crippen MR) is 83.5 cm³/mol. The standard InChI is InChI=1S/C15H20Cl2N2O/c16-6-9-18-7-3-8-19(11-10-18)15(20)12-13-4-1-2-5-14(13)17/h1-2,4-5H,3,6-12H2. The van der Waals surface area contributed by atoms with E-state index in [2.05, 4.69) is 4.90 Å². The van der Waals surface area contributed by atoms with Crippen molar-refractivity contribution in [2.45, 2.75) is 12.8 Å². The summed E-state index contributed by atoms with van der Waals surface area (Å²) >= 11 is 11.9. The van der Waals surface area contributed by atoms with Crippen LogP contribution in [0.3, 0.4) is 0 Å². The van der Waals surface area contributed by atoms with Crippen LogP contribution in [-0.4, -0.2) is 54.3 Å². The van der Waals surface area contributed by atoms with Gasteiger partial charge in [-0.25, -0.2) is 0 Å². The SMILES string of the molecule is O=C(Cc1ccccc1Cl)N1CCCN(CCCl)CC1. The van der Waals surface area contributed by atoms with Crippen molar-refractivity contribution in [3.05, 3.63) is 34.9 Å². The molecule has 110 valence electrons. The summed E-state index contributed by atoms with van der Waals surface area (Å²) in [5, 5.41) is 0.666. The minimum atomic E-state index is 0.158. The third-order valence-corrected chi connectivity index (χ3v) is 4.18. The average Bonchev–Trinajstić information content (AvgIpc) is 2.67. The molecule has 1 aliphatic heterocycles. The molecule has 0 bridgehead atoms. The monoisotopic (exact) mass is 314 g/mol. The number of rotatable bonds is 4. The first-order valence-corrected chi connectivity index (χ1v) is 7.91. The Morgan fingerprint density at radius 3 is 2.70 bits per heavy atom. The summed E-state index contributed by atoms with van der Waals surface area (Å²) in [5.41, 5.74) is 0.904. The quantitative estimate of drug-likeness (QED) is 0.798. The maximum Gasteiger partial charge on any atom is 0.227 e. The fourth-order valence-electron chi connectivity index (χ4n) is 2.48. The van der Waals surface area contributed by atoms with E-state index in [1.54, 1.807) is 0 Å². The highest BCUT2D eigenvalue weighted by Gasteiger charge is 2.19. The first kappa shape index (κ1) is 15.6. The third-order valence-electron chi connectivity index (χ3n) is 3.64. The van der Waals surface area contributed by atoms with E-state index in [9.17, 15) is 4.79 Å². The van der Waals surface area contributed by atoms with Crippen LogP contribution in [0, 0.1) is 0 Å². The Balaban J connectivity index is 1.91. The van der Waals surface area contributed by atoms with Gasteiger partial charge in [0.25, 0.3) is 0 Å². The molecular weight excluding hydrogens is 295 g/mol. The Morgan fingerprint density at radius 1 is 1.15 bits per heavy atom. The van der Waals surface area contributed by atoms with Crippen LogP contribution in [0.25, 0.3) is 0 Å². The number of benzene rings is 1. The van der Waals surface area contributed by atoms with E-state index in [0.717, 1.165) is 44.7 Å². The summed E-state index contributed by atoms with van der Waals surface area (Å²) < 4.78 is 0. The number of hydrogen-bond donors (Lipinski definition) is 0. The normalized spacial score (nSPS) is 17.0. The molecule has 0 saturated carbocycles. The van der Waals surface area contributed by atoms with Gasteiger partial charge in [-0.3, -0.25) is 4.79 Å². The van der Waals surface area contributed by atoms with Crippen molar-refractivity contribution in [3.63, 3.8) is 0 Å². The van der Waals surface area contributed by atoms with Crippen molar-refractivity contribution in [1.82, 2.24) is 9.80 Å². The summed E-state index contributed by atoms with van der Waals surface area (Å²) in [4.78, 5) is 16.6. The molecule has 0 unspecified atom stereocenters. The molecule has 1 aromatic carbocycles. The van der Waals surface area contributed by atoms with Crippen LogP contribution >= 0.6 is 23.2 Å². The molecule has 0 aromatic heterocycles. The zero-order chi connectivity index (χ0) is 14.4. The topological polar surface area (TPSA) is 23.6 Å². The van der Waals surface area contributed by atoms with Gasteiger partial charge in [0.1, 0.15) is 0 Å². The number of halogens is 2. The lowest BCUT2D eigenvalue weighted by molar-refractivity contribution is -0.130. The molecule has 20 heavy (non-hydrogen) atoms. The van der Waals surface area contributed by atoms with Gasteiger partial charge in [-0.05, 0) is 24.6 Å². The predicted octanol–water partition coefficient (Wildman–Crippen LogP) is 2.66. The van der Waals surface area contributed by atoms with Crippen molar-refractivity contribution in [1.29, 1.82) is 0 Å². The molecule has 1 aromatic rings. The molecule has 3 nitrogen and oxygen atoms in total. The van der Waals surface area contributed by atoms with E-state index >= 15 is 0 Å². The summed E-state index contributed by atoms with van der Waals surface area (Å²) in [7, 11) is 0. The van der Waals surface area contributed by atoms with Crippen LogP contribution in [0.5, 0.6) is 0 Å². The summed E-state index contributed by atoms with van der Waals surface area (Å²) in [6.07, 6.45) is 1.39. The van der Waals surface area contributed by atoms with Gasteiger partial charge in [0.15, 0.2) is 0 Å². The van der Waals surface area contributed by atoms with Gasteiger partial charge >= 0.3 is 0 Å². The van der Waals surface area contributed by atoms with Crippen molar-refractivity contribution in [2.24, 2.45) is 0 Å². The molecular formula is C15H20Cl2N2O. The lowest BCUT2D eigenvalue weighted by Gasteiger charge is -2.21. The molecule has 1 amide bonds. The lowest BCUT2D eigenvalue weighted by atomic mass is 10.1. The van der Waals surface area contributed by atoms with Crippen LogP contribution in [0.2, 0.25) is 5.02 Å². The largest absolute Gasteiger partial charge is 0.341 e. The van der Waals surface area contributed by atoms with Crippen molar-refractivity contribution in [3.8, 4) is 0 Å². The molecule has 1 heterocycles. The molecule has 1 saturated heterocycles. The van der Waals surface area contributed by atoms with Crippen LogP contribution in [-0.2, 0) is 11.2 Å². The smallest absolute Gasteiger partial charge is 0.227 e. The number of carbonyl (C=O) groups excluding carboxylic acids is 1. The van der Waals surface area contributed by atoms with Crippen molar-refractivity contribution >= 4 is 29.1 Å². The fraction of sp³-hybridized carbons (Fsp3) is 0.533. The zero-order valence-corrected chi connectivity index (χ0v) is 13.0. The fourth-order valence-corrected chi connectivity index (χ4v) is 2.92. The third kappa shape index (κ3) is 4.37. The van der Waals surface area contributed by atoms with Crippen molar-refractivity contribution < 1.29 is 4.79 Å². The first-order valence-electron chi connectivity index (χ1n) is 7.00. The highest BCUT2D eigenvalue weighted by Crippen LogP contribution is 2.16. The van der Waals surface area contributed by atoms with Gasteiger partial charge < -0.3 is 9.80 Å². The average molecular weight is 315 g/mol. The number of alkyl halides is 1. The minimum absolute atomic E-state index is 0.158. The number of amides is 1. The Hall–Kier alpha value is -0.770. The van der Waals surface area contributed by atoms with Gasteiger partial charge in [0.2, 0.25) is 5.91 Å². The number of hydrogen-bond acceptors (Lipinski definition) is 2. The Morgan fingerprint density at radius 2 is 1.95 bits per heavy atom.